The molecule has 1 heterocycles. The van der Waals surface area contributed by atoms with E-state index in [1.165, 1.54) is 6.42 Å². The van der Waals surface area contributed by atoms with Crippen LogP contribution >= 0.6 is 0 Å². The van der Waals surface area contributed by atoms with Crippen LogP contribution < -0.4 is 5.32 Å². The van der Waals surface area contributed by atoms with Crippen LogP contribution in [0, 0.1) is 11.3 Å². The van der Waals surface area contributed by atoms with Crippen LogP contribution in [0.15, 0.2) is 0 Å². The van der Waals surface area contributed by atoms with Crippen molar-refractivity contribution in [1.82, 2.24) is 10.2 Å². The van der Waals surface area contributed by atoms with Crippen LogP contribution in [0.2, 0.25) is 0 Å². The van der Waals surface area contributed by atoms with Crippen molar-refractivity contribution in [3.63, 3.8) is 0 Å². The lowest BCUT2D eigenvalue weighted by Gasteiger charge is -2.33. The Morgan fingerprint density at radius 1 is 1.33 bits per heavy atom. The Labute approximate surface area is 149 Å². The maximum absolute atomic E-state index is 11.6. The van der Waals surface area contributed by atoms with E-state index in [1.807, 2.05) is 13.8 Å². The molecule has 0 aromatic carbocycles. The van der Waals surface area contributed by atoms with Gasteiger partial charge >= 0.3 is 0 Å². The predicted octanol–water partition coefficient (Wildman–Crippen LogP) is 2.94. The van der Waals surface area contributed by atoms with E-state index in [0.29, 0.717) is 12.0 Å². The molecule has 5 heteroatoms. The average Bonchev–Trinajstić information content (AvgIpc) is 2.47. The first-order valence-electron chi connectivity index (χ1n) is 8.97. The molecule has 1 amide bonds. The van der Waals surface area contributed by atoms with Gasteiger partial charge in [-0.25, -0.2) is 0 Å². The van der Waals surface area contributed by atoms with Gasteiger partial charge in [-0.15, -0.1) is 0 Å². The summed E-state index contributed by atoms with van der Waals surface area (Å²) in [5, 5.41) is 2.95. The van der Waals surface area contributed by atoms with Crippen molar-refractivity contribution in [3.05, 3.63) is 0 Å². The van der Waals surface area contributed by atoms with Gasteiger partial charge in [0.1, 0.15) is 0 Å². The molecule has 0 aromatic rings. The van der Waals surface area contributed by atoms with Gasteiger partial charge in [-0.3, -0.25) is 9.69 Å². The zero-order chi connectivity index (χ0) is 17.3. The molecule has 0 saturated carbocycles. The van der Waals surface area contributed by atoms with Crippen LogP contribution in [0.5, 0.6) is 0 Å². The number of morpholine rings is 1. The van der Waals surface area contributed by atoms with E-state index in [9.17, 15) is 4.79 Å². The largest absolute Gasteiger partial charge is 0.380 e. The summed E-state index contributed by atoms with van der Waals surface area (Å²) in [5.74, 6) is 0.115. The molecule has 1 atom stereocenters. The van der Waals surface area contributed by atoms with Gasteiger partial charge in [0.05, 0.1) is 19.3 Å². The molecule has 1 fully saturated rings. The van der Waals surface area contributed by atoms with E-state index >= 15 is 0 Å². The monoisotopic (exact) mass is 344 g/mol. The molecular formula is C19H40N2O3. The Morgan fingerprint density at radius 2 is 2.04 bits per heavy atom. The number of carbonyl (C=O) groups is 1. The zero-order valence-corrected chi connectivity index (χ0v) is 15.7. The summed E-state index contributed by atoms with van der Waals surface area (Å²) in [6.45, 7) is 16.3. The van der Waals surface area contributed by atoms with E-state index < -0.39 is 0 Å². The third-order valence-corrected chi connectivity index (χ3v) is 4.02. The standard InChI is InChI=1S/C18H36N2O3.CH4/c1-15(2)17(21)19-13-16-14-20(9-12-23-16)8-11-22-10-6-7-18(3,4)5;/h15-16H,6-14H2,1-5H3,(H,19,21);1H4/t16-;/m1./s1. The highest BCUT2D eigenvalue weighted by Crippen LogP contribution is 2.20. The molecule has 0 unspecified atom stereocenters. The molecule has 0 spiro atoms. The molecule has 1 saturated heterocycles. The summed E-state index contributed by atoms with van der Waals surface area (Å²) >= 11 is 0. The molecule has 24 heavy (non-hydrogen) atoms. The Hall–Kier alpha value is -0.650. The third kappa shape index (κ3) is 11.0. The maximum Gasteiger partial charge on any atom is 0.222 e. The van der Waals surface area contributed by atoms with Crippen LogP contribution in [-0.2, 0) is 14.3 Å². The second-order valence-electron chi connectivity index (χ2n) is 7.97. The SMILES string of the molecule is C.CC(C)C(=O)NC[C@@H]1CN(CCOCCCC(C)(C)C)CCO1. The van der Waals surface area contributed by atoms with Crippen LogP contribution in [0.3, 0.4) is 0 Å². The predicted molar refractivity (Wildman–Crippen MR) is 100 cm³/mol. The summed E-state index contributed by atoms with van der Waals surface area (Å²) in [6, 6.07) is 0. The second-order valence-corrected chi connectivity index (χ2v) is 7.97. The molecule has 0 aromatic heterocycles. The minimum absolute atomic E-state index is 0. The molecule has 1 aliphatic rings. The first kappa shape index (κ1) is 23.4. The third-order valence-electron chi connectivity index (χ3n) is 4.02. The van der Waals surface area contributed by atoms with Gasteiger partial charge < -0.3 is 14.8 Å². The first-order valence-corrected chi connectivity index (χ1v) is 8.97. The fourth-order valence-corrected chi connectivity index (χ4v) is 2.53. The first-order chi connectivity index (χ1) is 10.8. The van der Waals surface area contributed by atoms with E-state index in [0.717, 1.165) is 45.9 Å². The number of nitrogens with zero attached hydrogens (tertiary/aromatic N) is 1. The summed E-state index contributed by atoms with van der Waals surface area (Å²) in [6.07, 6.45) is 2.41. The summed E-state index contributed by atoms with van der Waals surface area (Å²) in [4.78, 5) is 14.0. The minimum atomic E-state index is 0. The molecular weight excluding hydrogens is 304 g/mol. The molecule has 0 bridgehead atoms. The van der Waals surface area contributed by atoms with Crippen molar-refractivity contribution >= 4 is 5.91 Å². The van der Waals surface area contributed by atoms with Gasteiger partial charge in [0, 0.05) is 38.7 Å². The maximum atomic E-state index is 11.6. The van der Waals surface area contributed by atoms with Gasteiger partial charge in [-0.1, -0.05) is 42.0 Å². The van der Waals surface area contributed by atoms with Crippen LogP contribution in [0.4, 0.5) is 0 Å². The number of rotatable bonds is 9. The lowest BCUT2D eigenvalue weighted by atomic mass is 9.91. The molecule has 1 rings (SSSR count). The second kappa shape index (κ2) is 11.8. The molecule has 144 valence electrons. The number of amides is 1. The van der Waals surface area contributed by atoms with Crippen molar-refractivity contribution in [3.8, 4) is 0 Å². The van der Waals surface area contributed by atoms with E-state index in [1.54, 1.807) is 0 Å². The zero-order valence-electron chi connectivity index (χ0n) is 15.7. The van der Waals surface area contributed by atoms with E-state index in [2.05, 4.69) is 31.0 Å². The van der Waals surface area contributed by atoms with Crippen LogP contribution in [0.25, 0.3) is 0 Å². The fourth-order valence-electron chi connectivity index (χ4n) is 2.53. The van der Waals surface area contributed by atoms with Gasteiger partial charge in [0.2, 0.25) is 5.91 Å². The van der Waals surface area contributed by atoms with Crippen LogP contribution in [-0.4, -0.2) is 62.9 Å². The number of ether oxygens (including phenoxy) is 2. The number of hydrogen-bond acceptors (Lipinski definition) is 4. The number of carbonyl (C=O) groups excluding carboxylic acids is 1. The van der Waals surface area contributed by atoms with Crippen molar-refractivity contribution in [2.75, 3.05) is 46.0 Å². The highest BCUT2D eigenvalue weighted by Gasteiger charge is 2.21. The molecule has 1 N–H and O–H groups in total. The van der Waals surface area contributed by atoms with Crippen molar-refractivity contribution in [1.29, 1.82) is 0 Å². The van der Waals surface area contributed by atoms with Gasteiger partial charge in [0.15, 0.2) is 0 Å². The number of hydrogen-bond donors (Lipinski definition) is 1. The Bertz CT molecular complexity index is 340. The van der Waals surface area contributed by atoms with Crippen molar-refractivity contribution in [2.45, 2.75) is 61.0 Å². The van der Waals surface area contributed by atoms with Gasteiger partial charge in [-0.05, 0) is 18.3 Å². The van der Waals surface area contributed by atoms with Crippen molar-refractivity contribution in [2.24, 2.45) is 11.3 Å². The minimum Gasteiger partial charge on any atom is -0.380 e. The van der Waals surface area contributed by atoms with Gasteiger partial charge in [-0.2, -0.15) is 0 Å². The smallest absolute Gasteiger partial charge is 0.222 e. The lowest BCUT2D eigenvalue weighted by molar-refractivity contribution is -0.125. The fraction of sp³-hybridized carbons (Fsp3) is 0.947. The average molecular weight is 345 g/mol. The highest BCUT2D eigenvalue weighted by atomic mass is 16.5. The summed E-state index contributed by atoms with van der Waals surface area (Å²) in [7, 11) is 0. The molecule has 0 radical (unpaired) electrons. The molecule has 5 nitrogen and oxygen atoms in total. The van der Waals surface area contributed by atoms with E-state index in [4.69, 9.17) is 9.47 Å². The quantitative estimate of drug-likeness (QED) is 0.654. The van der Waals surface area contributed by atoms with E-state index in [-0.39, 0.29) is 25.4 Å². The lowest BCUT2D eigenvalue weighted by Crippen LogP contribution is -2.48. The number of nitrogens with one attached hydrogen (secondary N) is 1. The normalized spacial score (nSPS) is 19.2. The van der Waals surface area contributed by atoms with Crippen molar-refractivity contribution < 1.29 is 14.3 Å². The Morgan fingerprint density at radius 3 is 2.67 bits per heavy atom. The summed E-state index contributed by atoms with van der Waals surface area (Å²) < 4.78 is 11.5. The Kier molecular flexibility index (Phi) is 11.5. The molecule has 1 aliphatic heterocycles. The highest BCUT2D eigenvalue weighted by molar-refractivity contribution is 5.77. The molecule has 0 aliphatic carbocycles. The van der Waals surface area contributed by atoms with Gasteiger partial charge in [0.25, 0.3) is 0 Å². The summed E-state index contributed by atoms with van der Waals surface area (Å²) in [5.41, 5.74) is 0.390. The topological polar surface area (TPSA) is 50.8 Å². The Balaban J connectivity index is 0.00000529. The van der Waals surface area contributed by atoms with Crippen LogP contribution in [0.1, 0.15) is 54.9 Å².